The number of nitrogens with zero attached hydrogens (tertiary/aromatic N) is 1. The second-order valence-electron chi connectivity index (χ2n) is 7.32. The number of benzene rings is 3. The third kappa shape index (κ3) is 4.73. The van der Waals surface area contributed by atoms with Crippen LogP contribution >= 0.6 is 11.6 Å². The van der Waals surface area contributed by atoms with Crippen LogP contribution in [0.25, 0.3) is 0 Å². The molecule has 8 heteroatoms. The lowest BCUT2D eigenvalue weighted by Gasteiger charge is -2.20. The maximum Gasteiger partial charge on any atom is 0.264 e. The van der Waals surface area contributed by atoms with Crippen molar-refractivity contribution in [3.63, 3.8) is 0 Å². The molecule has 0 saturated carbocycles. The molecule has 0 aliphatic rings. The Morgan fingerprint density at radius 3 is 2.13 bits per heavy atom. The van der Waals surface area contributed by atoms with E-state index >= 15 is 0 Å². The number of aryl methyl sites for hydroxylation is 3. The third-order valence-corrected chi connectivity index (χ3v) is 7.06. The number of rotatable bonds is 5. The van der Waals surface area contributed by atoms with Crippen LogP contribution in [0, 0.1) is 26.6 Å². The van der Waals surface area contributed by atoms with E-state index in [0.717, 1.165) is 21.0 Å². The SMILES string of the molecule is Cc1cc(C)c(NC(=O)c2cc(S(=O)(=O)N(C)c3ccc(F)cc3)ccc2Cl)c(C)c1. The molecule has 0 bridgehead atoms. The average molecular weight is 461 g/mol. The van der Waals surface area contributed by atoms with Crippen molar-refractivity contribution in [1.82, 2.24) is 0 Å². The number of amides is 1. The van der Waals surface area contributed by atoms with Crippen LogP contribution in [0.15, 0.2) is 59.5 Å². The second kappa shape index (κ2) is 8.69. The monoisotopic (exact) mass is 460 g/mol. The molecule has 0 aliphatic carbocycles. The van der Waals surface area contributed by atoms with Crippen LogP contribution in [0.4, 0.5) is 15.8 Å². The van der Waals surface area contributed by atoms with Gasteiger partial charge in [-0.3, -0.25) is 9.10 Å². The maximum absolute atomic E-state index is 13.2. The van der Waals surface area contributed by atoms with E-state index in [0.29, 0.717) is 5.69 Å². The highest BCUT2D eigenvalue weighted by molar-refractivity contribution is 7.92. The van der Waals surface area contributed by atoms with E-state index in [1.807, 2.05) is 32.9 Å². The van der Waals surface area contributed by atoms with Crippen molar-refractivity contribution < 1.29 is 17.6 Å². The normalized spacial score (nSPS) is 11.3. The highest BCUT2D eigenvalue weighted by Gasteiger charge is 2.24. The predicted octanol–water partition coefficient (Wildman–Crippen LogP) is 5.48. The van der Waals surface area contributed by atoms with Crippen LogP contribution < -0.4 is 9.62 Å². The number of nitrogens with one attached hydrogen (secondary N) is 1. The fraction of sp³-hybridized carbons (Fsp3) is 0.174. The van der Waals surface area contributed by atoms with Gasteiger partial charge in [-0.05, 0) is 74.4 Å². The van der Waals surface area contributed by atoms with Crippen LogP contribution in [0.2, 0.25) is 5.02 Å². The van der Waals surface area contributed by atoms with Gasteiger partial charge in [-0.25, -0.2) is 12.8 Å². The van der Waals surface area contributed by atoms with Crippen molar-refractivity contribution in [3.8, 4) is 0 Å². The molecule has 0 radical (unpaired) electrons. The van der Waals surface area contributed by atoms with E-state index in [2.05, 4.69) is 5.32 Å². The van der Waals surface area contributed by atoms with Gasteiger partial charge in [-0.1, -0.05) is 29.3 Å². The number of carbonyl (C=O) groups excluding carboxylic acids is 1. The predicted molar refractivity (Wildman–Crippen MR) is 122 cm³/mol. The Balaban J connectivity index is 1.96. The van der Waals surface area contributed by atoms with Crippen molar-refractivity contribution >= 4 is 38.9 Å². The minimum Gasteiger partial charge on any atom is -0.321 e. The summed E-state index contributed by atoms with van der Waals surface area (Å²) in [5.74, 6) is -0.983. The molecule has 0 fully saturated rings. The maximum atomic E-state index is 13.2. The summed E-state index contributed by atoms with van der Waals surface area (Å²) < 4.78 is 40.3. The molecule has 0 heterocycles. The molecule has 1 amide bonds. The van der Waals surface area contributed by atoms with Gasteiger partial charge in [0, 0.05) is 12.7 Å². The van der Waals surface area contributed by atoms with Gasteiger partial charge >= 0.3 is 0 Å². The molecule has 0 spiro atoms. The molecule has 3 aromatic carbocycles. The number of hydrogen-bond acceptors (Lipinski definition) is 3. The zero-order chi connectivity index (χ0) is 22.9. The summed E-state index contributed by atoms with van der Waals surface area (Å²) in [6.07, 6.45) is 0. The zero-order valence-electron chi connectivity index (χ0n) is 17.5. The van der Waals surface area contributed by atoms with E-state index in [1.54, 1.807) is 0 Å². The molecule has 0 unspecified atom stereocenters. The first-order valence-electron chi connectivity index (χ1n) is 9.44. The quantitative estimate of drug-likeness (QED) is 0.548. The van der Waals surface area contributed by atoms with E-state index in [-0.39, 0.29) is 21.2 Å². The fourth-order valence-corrected chi connectivity index (χ4v) is 4.77. The van der Waals surface area contributed by atoms with Crippen LogP contribution in [0.1, 0.15) is 27.0 Å². The van der Waals surface area contributed by atoms with E-state index in [9.17, 15) is 17.6 Å². The van der Waals surface area contributed by atoms with Crippen molar-refractivity contribution in [3.05, 3.63) is 87.7 Å². The number of anilines is 2. The fourth-order valence-electron chi connectivity index (χ4n) is 3.34. The standard InChI is InChI=1S/C23H22ClFN2O3S/c1-14-11-15(2)22(16(3)12-14)26-23(28)20-13-19(9-10-21(20)24)31(29,30)27(4)18-7-5-17(25)6-8-18/h5-13H,1-4H3,(H,26,28). The molecule has 0 aromatic heterocycles. The highest BCUT2D eigenvalue weighted by atomic mass is 35.5. The minimum atomic E-state index is -4.00. The number of sulfonamides is 1. The first-order valence-corrected chi connectivity index (χ1v) is 11.3. The molecule has 0 saturated heterocycles. The summed E-state index contributed by atoms with van der Waals surface area (Å²) in [7, 11) is -2.64. The molecule has 3 rings (SSSR count). The van der Waals surface area contributed by atoms with E-state index < -0.39 is 21.7 Å². The molecular formula is C23H22ClFN2O3S. The first kappa shape index (κ1) is 22.8. The van der Waals surface area contributed by atoms with Crippen molar-refractivity contribution in [2.75, 3.05) is 16.7 Å². The Hall–Kier alpha value is -2.90. The van der Waals surface area contributed by atoms with Gasteiger partial charge in [-0.15, -0.1) is 0 Å². The van der Waals surface area contributed by atoms with Gasteiger partial charge < -0.3 is 5.32 Å². The first-order chi connectivity index (χ1) is 14.5. The summed E-state index contributed by atoms with van der Waals surface area (Å²) in [6, 6.07) is 12.9. The van der Waals surface area contributed by atoms with Crippen LogP contribution in [0.5, 0.6) is 0 Å². The molecule has 1 N–H and O–H groups in total. The van der Waals surface area contributed by atoms with Gasteiger partial charge in [-0.2, -0.15) is 0 Å². The Morgan fingerprint density at radius 2 is 1.55 bits per heavy atom. The van der Waals surface area contributed by atoms with E-state index in [4.69, 9.17) is 11.6 Å². The Labute approximate surface area is 186 Å². The van der Waals surface area contributed by atoms with Crippen LogP contribution in [-0.2, 0) is 10.0 Å². The topological polar surface area (TPSA) is 66.5 Å². The van der Waals surface area contributed by atoms with Crippen molar-refractivity contribution in [1.29, 1.82) is 0 Å². The molecule has 3 aromatic rings. The van der Waals surface area contributed by atoms with Crippen LogP contribution in [0.3, 0.4) is 0 Å². The van der Waals surface area contributed by atoms with Gasteiger partial charge in [0.1, 0.15) is 5.82 Å². The lowest BCUT2D eigenvalue weighted by molar-refractivity contribution is 0.102. The largest absolute Gasteiger partial charge is 0.321 e. The molecular weight excluding hydrogens is 439 g/mol. The van der Waals surface area contributed by atoms with Gasteiger partial charge in [0.2, 0.25) is 0 Å². The number of hydrogen-bond donors (Lipinski definition) is 1. The number of halogens is 2. The summed E-state index contributed by atoms with van der Waals surface area (Å²) in [5.41, 5.74) is 3.83. The lowest BCUT2D eigenvalue weighted by atomic mass is 10.0. The van der Waals surface area contributed by atoms with Crippen molar-refractivity contribution in [2.24, 2.45) is 0 Å². The van der Waals surface area contributed by atoms with Crippen molar-refractivity contribution in [2.45, 2.75) is 25.7 Å². The number of carbonyl (C=O) groups is 1. The Bertz CT molecular complexity index is 1240. The summed E-state index contributed by atoms with van der Waals surface area (Å²) in [5, 5.41) is 2.96. The van der Waals surface area contributed by atoms with Gasteiger partial charge in [0.05, 0.1) is 21.2 Å². The summed E-state index contributed by atoms with van der Waals surface area (Å²) in [4.78, 5) is 12.8. The molecule has 0 aliphatic heterocycles. The third-order valence-electron chi connectivity index (χ3n) is 4.95. The van der Waals surface area contributed by atoms with E-state index in [1.165, 1.54) is 49.5 Å². The highest BCUT2D eigenvalue weighted by Crippen LogP contribution is 2.28. The lowest BCUT2D eigenvalue weighted by Crippen LogP contribution is -2.27. The molecule has 0 atom stereocenters. The molecule has 5 nitrogen and oxygen atoms in total. The minimum absolute atomic E-state index is 0.0367. The molecule has 31 heavy (non-hydrogen) atoms. The molecule has 162 valence electrons. The van der Waals surface area contributed by atoms with Crippen LogP contribution in [-0.4, -0.2) is 21.4 Å². The Morgan fingerprint density at radius 1 is 0.968 bits per heavy atom. The zero-order valence-corrected chi connectivity index (χ0v) is 19.1. The van der Waals surface area contributed by atoms with Gasteiger partial charge in [0.15, 0.2) is 0 Å². The summed E-state index contributed by atoms with van der Waals surface area (Å²) >= 11 is 6.22. The van der Waals surface area contributed by atoms with Gasteiger partial charge in [0.25, 0.3) is 15.9 Å². The second-order valence-corrected chi connectivity index (χ2v) is 9.69. The summed E-state index contributed by atoms with van der Waals surface area (Å²) in [6.45, 7) is 5.74. The average Bonchev–Trinajstić information content (AvgIpc) is 2.70. The smallest absolute Gasteiger partial charge is 0.264 e. The Kier molecular flexibility index (Phi) is 6.38.